The van der Waals surface area contributed by atoms with Crippen molar-refractivity contribution >= 4 is 17.5 Å². The molecule has 0 atom stereocenters. The van der Waals surface area contributed by atoms with Gasteiger partial charge in [0.05, 0.1) is 0 Å². The molecule has 0 saturated heterocycles. The molecule has 1 aromatic heterocycles. The van der Waals surface area contributed by atoms with E-state index in [4.69, 9.17) is 5.84 Å². The number of nitrogens with two attached hydrogens (primary N) is 1. The number of hydrogen-bond donors (Lipinski definition) is 3. The predicted molar refractivity (Wildman–Crippen MR) is 71.6 cm³/mol. The minimum absolute atomic E-state index is 0.404. The number of aryl methyl sites for hydroxylation is 2. The first-order valence-corrected chi connectivity index (χ1v) is 6.03. The van der Waals surface area contributed by atoms with Crippen LogP contribution in [0.1, 0.15) is 17.5 Å². The van der Waals surface area contributed by atoms with Gasteiger partial charge in [0, 0.05) is 11.9 Å². The normalized spacial score (nSPS) is 13.2. The number of fused-ring (bicyclic) bond motifs is 1. The molecule has 18 heavy (non-hydrogen) atoms. The lowest BCUT2D eigenvalue weighted by Gasteiger charge is -2.08. The van der Waals surface area contributed by atoms with E-state index < -0.39 is 0 Å². The highest BCUT2D eigenvalue weighted by atomic mass is 15.3. The van der Waals surface area contributed by atoms with Gasteiger partial charge < -0.3 is 5.32 Å². The lowest BCUT2D eigenvalue weighted by molar-refractivity contribution is 0.912. The first-order valence-electron chi connectivity index (χ1n) is 6.03. The summed E-state index contributed by atoms with van der Waals surface area (Å²) in [5.74, 6) is 6.42. The van der Waals surface area contributed by atoms with Gasteiger partial charge in [0.15, 0.2) is 0 Å². The second-order valence-electron chi connectivity index (χ2n) is 4.37. The molecule has 92 valence electrons. The zero-order valence-electron chi connectivity index (χ0n) is 9.98. The number of nitrogens with zero attached hydrogens (tertiary/aromatic N) is 2. The summed E-state index contributed by atoms with van der Waals surface area (Å²) >= 11 is 0. The topological polar surface area (TPSA) is 75.9 Å². The molecule has 0 bridgehead atoms. The maximum absolute atomic E-state index is 5.28. The van der Waals surface area contributed by atoms with Crippen LogP contribution in [0.25, 0.3) is 0 Å². The summed E-state index contributed by atoms with van der Waals surface area (Å²) in [4.78, 5) is 8.19. The van der Waals surface area contributed by atoms with Crippen molar-refractivity contribution < 1.29 is 0 Å². The van der Waals surface area contributed by atoms with Crippen molar-refractivity contribution in [2.24, 2.45) is 5.84 Å². The number of hydrazine groups is 1. The first kappa shape index (κ1) is 11.0. The van der Waals surface area contributed by atoms with Crippen LogP contribution >= 0.6 is 0 Å². The smallest absolute Gasteiger partial charge is 0.239 e. The van der Waals surface area contributed by atoms with Gasteiger partial charge in [-0.05, 0) is 48.6 Å². The zero-order chi connectivity index (χ0) is 12.4. The number of nitrogen functional groups attached to an aromatic ring is 1. The molecular formula is C13H15N5. The molecule has 0 unspecified atom stereocenters. The molecule has 1 aliphatic carbocycles. The van der Waals surface area contributed by atoms with Gasteiger partial charge in [-0.1, -0.05) is 6.07 Å². The minimum Gasteiger partial charge on any atom is -0.340 e. The summed E-state index contributed by atoms with van der Waals surface area (Å²) in [5, 5.41) is 3.26. The Morgan fingerprint density at radius 1 is 1.11 bits per heavy atom. The molecule has 0 fully saturated rings. The Morgan fingerprint density at radius 3 is 2.89 bits per heavy atom. The van der Waals surface area contributed by atoms with Crippen LogP contribution in [0.2, 0.25) is 0 Å². The maximum Gasteiger partial charge on any atom is 0.239 e. The molecule has 4 N–H and O–H groups in total. The average molecular weight is 241 g/mol. The Hall–Kier alpha value is -2.14. The van der Waals surface area contributed by atoms with E-state index in [1.54, 1.807) is 6.20 Å². The van der Waals surface area contributed by atoms with Crippen LogP contribution in [0, 0.1) is 0 Å². The summed E-state index contributed by atoms with van der Waals surface area (Å²) < 4.78 is 0. The van der Waals surface area contributed by atoms with Crippen molar-refractivity contribution in [3.8, 4) is 0 Å². The number of anilines is 3. The van der Waals surface area contributed by atoms with Crippen molar-refractivity contribution in [2.45, 2.75) is 19.3 Å². The van der Waals surface area contributed by atoms with Crippen LogP contribution in [0.5, 0.6) is 0 Å². The van der Waals surface area contributed by atoms with E-state index in [0.717, 1.165) is 11.5 Å². The molecule has 0 aliphatic heterocycles. The highest BCUT2D eigenvalue weighted by Crippen LogP contribution is 2.26. The van der Waals surface area contributed by atoms with Crippen molar-refractivity contribution in [3.05, 3.63) is 41.6 Å². The molecule has 1 heterocycles. The summed E-state index contributed by atoms with van der Waals surface area (Å²) in [6.45, 7) is 0. The number of rotatable bonds is 3. The van der Waals surface area contributed by atoms with Crippen molar-refractivity contribution in [2.75, 3.05) is 10.7 Å². The predicted octanol–water partition coefficient (Wildman–Crippen LogP) is 1.99. The lowest BCUT2D eigenvalue weighted by atomic mass is 10.1. The van der Waals surface area contributed by atoms with Crippen LogP contribution < -0.4 is 16.6 Å². The second kappa shape index (κ2) is 4.62. The number of nitrogens with one attached hydrogen (secondary N) is 2. The Balaban J connectivity index is 1.83. The molecular weight excluding hydrogens is 226 g/mol. The maximum atomic E-state index is 5.28. The Bertz CT molecular complexity index is 567. The molecule has 0 amide bonds. The number of hydrogen-bond acceptors (Lipinski definition) is 5. The van der Waals surface area contributed by atoms with E-state index in [1.807, 2.05) is 6.07 Å². The van der Waals surface area contributed by atoms with Crippen LogP contribution in [0.3, 0.4) is 0 Å². The summed E-state index contributed by atoms with van der Waals surface area (Å²) in [6, 6.07) is 8.28. The van der Waals surface area contributed by atoms with Gasteiger partial charge >= 0.3 is 0 Å². The van der Waals surface area contributed by atoms with E-state index in [1.165, 1.54) is 30.4 Å². The Morgan fingerprint density at radius 2 is 2.00 bits per heavy atom. The van der Waals surface area contributed by atoms with E-state index in [9.17, 15) is 0 Å². The summed E-state index contributed by atoms with van der Waals surface area (Å²) in [7, 11) is 0. The van der Waals surface area contributed by atoms with Gasteiger partial charge in [-0.2, -0.15) is 4.98 Å². The highest BCUT2D eigenvalue weighted by Gasteiger charge is 2.10. The van der Waals surface area contributed by atoms with Crippen LogP contribution in [0.4, 0.5) is 17.5 Å². The van der Waals surface area contributed by atoms with Crippen LogP contribution in [-0.2, 0) is 12.8 Å². The van der Waals surface area contributed by atoms with Gasteiger partial charge in [-0.3, -0.25) is 5.43 Å². The Labute approximate surface area is 105 Å². The molecule has 5 heteroatoms. The van der Waals surface area contributed by atoms with E-state index in [-0.39, 0.29) is 0 Å². The minimum atomic E-state index is 0.404. The fourth-order valence-corrected chi connectivity index (χ4v) is 2.30. The fourth-order valence-electron chi connectivity index (χ4n) is 2.30. The fraction of sp³-hybridized carbons (Fsp3) is 0.231. The van der Waals surface area contributed by atoms with Gasteiger partial charge in [-0.25, -0.2) is 10.8 Å². The highest BCUT2D eigenvalue weighted by molar-refractivity contribution is 5.59. The van der Waals surface area contributed by atoms with Gasteiger partial charge in [0.2, 0.25) is 5.95 Å². The van der Waals surface area contributed by atoms with E-state index in [0.29, 0.717) is 5.95 Å². The molecule has 5 nitrogen and oxygen atoms in total. The molecule has 2 aromatic rings. The zero-order valence-corrected chi connectivity index (χ0v) is 9.98. The SMILES string of the molecule is NNc1nccc(Nc2ccc3c(c2)CCC3)n1. The third kappa shape index (κ3) is 2.12. The van der Waals surface area contributed by atoms with Crippen molar-refractivity contribution in [1.29, 1.82) is 0 Å². The largest absolute Gasteiger partial charge is 0.340 e. The lowest BCUT2D eigenvalue weighted by Crippen LogP contribution is -2.10. The number of benzene rings is 1. The summed E-state index contributed by atoms with van der Waals surface area (Å²) in [5.41, 5.74) is 6.39. The summed E-state index contributed by atoms with van der Waals surface area (Å²) in [6.07, 6.45) is 5.29. The second-order valence-corrected chi connectivity index (χ2v) is 4.37. The molecule has 3 rings (SSSR count). The van der Waals surface area contributed by atoms with Crippen LogP contribution in [-0.4, -0.2) is 9.97 Å². The monoisotopic (exact) mass is 241 g/mol. The molecule has 0 radical (unpaired) electrons. The van der Waals surface area contributed by atoms with Crippen molar-refractivity contribution in [3.63, 3.8) is 0 Å². The van der Waals surface area contributed by atoms with Gasteiger partial charge in [0.1, 0.15) is 5.82 Å². The number of aromatic nitrogens is 2. The van der Waals surface area contributed by atoms with E-state index >= 15 is 0 Å². The third-order valence-corrected chi connectivity index (χ3v) is 3.16. The molecule has 1 aromatic carbocycles. The first-order chi connectivity index (χ1) is 8.85. The van der Waals surface area contributed by atoms with Gasteiger partial charge in [-0.15, -0.1) is 0 Å². The molecule has 0 spiro atoms. The van der Waals surface area contributed by atoms with Crippen LogP contribution in [0.15, 0.2) is 30.5 Å². The quantitative estimate of drug-likeness (QED) is 0.566. The van der Waals surface area contributed by atoms with Crippen molar-refractivity contribution in [1.82, 2.24) is 9.97 Å². The standard InChI is InChI=1S/C13H15N5/c14-18-13-15-7-6-12(17-13)16-11-5-4-9-2-1-3-10(9)8-11/h4-8H,1-3,14H2,(H2,15,16,17,18). The van der Waals surface area contributed by atoms with Gasteiger partial charge in [0.25, 0.3) is 0 Å². The molecule has 1 aliphatic rings. The third-order valence-electron chi connectivity index (χ3n) is 3.16. The van der Waals surface area contributed by atoms with E-state index in [2.05, 4.69) is 38.9 Å². The molecule has 0 saturated carbocycles. The average Bonchev–Trinajstić information content (AvgIpc) is 2.86. The Kier molecular flexibility index (Phi) is 2.82.